The quantitative estimate of drug-likeness (QED) is 0.757. The Morgan fingerprint density at radius 1 is 1.64 bits per heavy atom. The molecule has 14 heavy (non-hydrogen) atoms. The monoisotopic (exact) mass is 194 g/mol. The van der Waals surface area contributed by atoms with E-state index in [1.807, 2.05) is 6.07 Å². The number of aliphatic hydroxyl groups excluding tert-OH is 1. The third-order valence-electron chi connectivity index (χ3n) is 2.57. The maximum atomic E-state index is 9.11. The van der Waals surface area contributed by atoms with Crippen LogP contribution in [-0.2, 0) is 11.3 Å². The van der Waals surface area contributed by atoms with E-state index >= 15 is 0 Å². The van der Waals surface area contributed by atoms with Crippen LogP contribution < -0.4 is 4.90 Å². The fourth-order valence-corrected chi connectivity index (χ4v) is 1.63. The van der Waals surface area contributed by atoms with Crippen LogP contribution in [0.15, 0.2) is 18.5 Å². The highest BCUT2D eigenvalue weighted by atomic mass is 16.5. The lowest BCUT2D eigenvalue weighted by molar-refractivity contribution is 0.0785. The summed E-state index contributed by atoms with van der Waals surface area (Å²) in [5, 5.41) is 9.11. The predicted octanol–water partition coefficient (Wildman–Crippen LogP) is 0.409. The standard InChI is InChI=1S/C10H14N2O2/c1-14-9-5-12(6-9)10-2-3-11-4-8(10)7-13/h2-4,9,13H,5-7H2,1H3. The summed E-state index contributed by atoms with van der Waals surface area (Å²) in [6.45, 7) is 1.83. The van der Waals surface area contributed by atoms with E-state index in [2.05, 4.69) is 9.88 Å². The lowest BCUT2D eigenvalue weighted by Crippen LogP contribution is -2.52. The van der Waals surface area contributed by atoms with Gasteiger partial charge in [-0.1, -0.05) is 0 Å². The Morgan fingerprint density at radius 3 is 3.07 bits per heavy atom. The van der Waals surface area contributed by atoms with E-state index in [-0.39, 0.29) is 6.61 Å². The molecule has 1 aliphatic heterocycles. The molecule has 0 aromatic carbocycles. The predicted molar refractivity (Wildman–Crippen MR) is 53.2 cm³/mol. The Balaban J connectivity index is 2.10. The Kier molecular flexibility index (Phi) is 2.65. The van der Waals surface area contributed by atoms with Gasteiger partial charge in [-0.3, -0.25) is 4.98 Å². The zero-order chi connectivity index (χ0) is 9.97. The molecule has 0 radical (unpaired) electrons. The van der Waals surface area contributed by atoms with Gasteiger partial charge in [0.05, 0.1) is 12.7 Å². The van der Waals surface area contributed by atoms with Crippen LogP contribution in [0.5, 0.6) is 0 Å². The van der Waals surface area contributed by atoms with Gasteiger partial charge in [0.1, 0.15) is 0 Å². The van der Waals surface area contributed by atoms with Crippen molar-refractivity contribution in [3.05, 3.63) is 24.0 Å². The van der Waals surface area contributed by atoms with Crippen LogP contribution >= 0.6 is 0 Å². The molecule has 0 unspecified atom stereocenters. The molecule has 1 saturated heterocycles. The molecule has 0 atom stereocenters. The van der Waals surface area contributed by atoms with Crippen molar-refractivity contribution in [3.8, 4) is 0 Å². The Hall–Kier alpha value is -1.13. The number of pyridine rings is 1. The van der Waals surface area contributed by atoms with Crippen molar-refractivity contribution in [2.45, 2.75) is 12.7 Å². The number of hydrogen-bond donors (Lipinski definition) is 1. The average molecular weight is 194 g/mol. The van der Waals surface area contributed by atoms with Crippen LogP contribution in [0.25, 0.3) is 0 Å². The summed E-state index contributed by atoms with van der Waals surface area (Å²) in [6, 6.07) is 1.93. The van der Waals surface area contributed by atoms with Crippen molar-refractivity contribution < 1.29 is 9.84 Å². The van der Waals surface area contributed by atoms with E-state index in [1.54, 1.807) is 19.5 Å². The van der Waals surface area contributed by atoms with E-state index in [1.165, 1.54) is 0 Å². The molecule has 0 saturated carbocycles. The number of methoxy groups -OCH3 is 1. The van der Waals surface area contributed by atoms with Gasteiger partial charge in [0.15, 0.2) is 0 Å². The molecule has 4 nitrogen and oxygen atoms in total. The second kappa shape index (κ2) is 3.94. The van der Waals surface area contributed by atoms with Crippen LogP contribution in [0.1, 0.15) is 5.56 Å². The maximum Gasteiger partial charge on any atom is 0.0920 e. The third kappa shape index (κ3) is 1.58. The number of ether oxygens (including phenoxy) is 1. The van der Waals surface area contributed by atoms with Crippen molar-refractivity contribution in [2.75, 3.05) is 25.1 Å². The summed E-state index contributed by atoms with van der Waals surface area (Å²) >= 11 is 0. The van der Waals surface area contributed by atoms with Gasteiger partial charge in [-0.25, -0.2) is 0 Å². The van der Waals surface area contributed by atoms with Gasteiger partial charge in [0.25, 0.3) is 0 Å². The van der Waals surface area contributed by atoms with Crippen molar-refractivity contribution in [2.24, 2.45) is 0 Å². The summed E-state index contributed by atoms with van der Waals surface area (Å²) < 4.78 is 5.19. The van der Waals surface area contributed by atoms with Crippen molar-refractivity contribution >= 4 is 5.69 Å². The maximum absolute atomic E-state index is 9.11. The number of rotatable bonds is 3. The van der Waals surface area contributed by atoms with Crippen LogP contribution in [0.4, 0.5) is 5.69 Å². The topological polar surface area (TPSA) is 45.6 Å². The third-order valence-corrected chi connectivity index (χ3v) is 2.57. The lowest BCUT2D eigenvalue weighted by Gasteiger charge is -2.40. The first-order valence-corrected chi connectivity index (χ1v) is 4.66. The highest BCUT2D eigenvalue weighted by Gasteiger charge is 2.27. The van der Waals surface area contributed by atoms with E-state index < -0.39 is 0 Å². The van der Waals surface area contributed by atoms with Crippen molar-refractivity contribution in [1.29, 1.82) is 0 Å². The molecular formula is C10H14N2O2. The molecule has 1 N–H and O–H groups in total. The van der Waals surface area contributed by atoms with E-state index in [0.29, 0.717) is 6.10 Å². The van der Waals surface area contributed by atoms with Gasteiger partial charge in [-0.2, -0.15) is 0 Å². The van der Waals surface area contributed by atoms with Crippen LogP contribution in [0.3, 0.4) is 0 Å². The normalized spacial score (nSPS) is 16.9. The summed E-state index contributed by atoms with van der Waals surface area (Å²) in [4.78, 5) is 6.16. The second-order valence-electron chi connectivity index (χ2n) is 3.43. The number of aromatic nitrogens is 1. The van der Waals surface area contributed by atoms with Crippen LogP contribution in [0.2, 0.25) is 0 Å². The molecule has 0 spiro atoms. The molecule has 76 valence electrons. The molecule has 1 fully saturated rings. The SMILES string of the molecule is COC1CN(c2ccncc2CO)C1. The molecule has 4 heteroatoms. The first-order chi connectivity index (χ1) is 6.85. The Morgan fingerprint density at radius 2 is 2.43 bits per heavy atom. The fourth-order valence-electron chi connectivity index (χ4n) is 1.63. The highest BCUT2D eigenvalue weighted by Crippen LogP contribution is 2.25. The van der Waals surface area contributed by atoms with Gasteiger partial charge in [0, 0.05) is 43.8 Å². The minimum atomic E-state index is 0.0390. The van der Waals surface area contributed by atoms with Crippen LogP contribution in [0, 0.1) is 0 Å². The molecule has 1 aromatic rings. The fraction of sp³-hybridized carbons (Fsp3) is 0.500. The summed E-state index contributed by atoms with van der Waals surface area (Å²) in [7, 11) is 1.72. The molecule has 0 aliphatic carbocycles. The first kappa shape index (κ1) is 9.43. The lowest BCUT2D eigenvalue weighted by atomic mass is 10.1. The van der Waals surface area contributed by atoms with Crippen LogP contribution in [-0.4, -0.2) is 36.4 Å². The number of hydrogen-bond acceptors (Lipinski definition) is 4. The second-order valence-corrected chi connectivity index (χ2v) is 3.43. The smallest absolute Gasteiger partial charge is 0.0920 e. The van der Waals surface area contributed by atoms with Crippen molar-refractivity contribution in [1.82, 2.24) is 4.98 Å². The van der Waals surface area contributed by atoms with Gasteiger partial charge >= 0.3 is 0 Å². The summed E-state index contributed by atoms with van der Waals surface area (Å²) in [5.74, 6) is 0. The minimum absolute atomic E-state index is 0.0390. The average Bonchev–Trinajstić information content (AvgIpc) is 2.17. The van der Waals surface area contributed by atoms with Gasteiger partial charge < -0.3 is 14.7 Å². The van der Waals surface area contributed by atoms with E-state index in [0.717, 1.165) is 24.3 Å². The molecule has 0 bridgehead atoms. The number of nitrogens with zero attached hydrogens (tertiary/aromatic N) is 2. The van der Waals surface area contributed by atoms with Gasteiger partial charge in [0.2, 0.25) is 0 Å². The highest BCUT2D eigenvalue weighted by molar-refractivity contribution is 5.54. The number of aliphatic hydroxyl groups is 1. The molecular weight excluding hydrogens is 180 g/mol. The molecule has 1 aromatic heterocycles. The molecule has 1 aliphatic rings. The Bertz CT molecular complexity index is 311. The first-order valence-electron chi connectivity index (χ1n) is 4.66. The Labute approximate surface area is 83.1 Å². The molecule has 2 rings (SSSR count). The number of anilines is 1. The van der Waals surface area contributed by atoms with Gasteiger partial charge in [-0.15, -0.1) is 0 Å². The minimum Gasteiger partial charge on any atom is -0.392 e. The molecule has 2 heterocycles. The van der Waals surface area contributed by atoms with Gasteiger partial charge in [-0.05, 0) is 6.07 Å². The summed E-state index contributed by atoms with van der Waals surface area (Å²) in [5.41, 5.74) is 1.94. The zero-order valence-electron chi connectivity index (χ0n) is 8.18. The van der Waals surface area contributed by atoms with E-state index in [4.69, 9.17) is 9.84 Å². The summed E-state index contributed by atoms with van der Waals surface area (Å²) in [6.07, 6.45) is 3.78. The zero-order valence-corrected chi connectivity index (χ0v) is 8.18. The van der Waals surface area contributed by atoms with Crippen molar-refractivity contribution in [3.63, 3.8) is 0 Å². The molecule has 0 amide bonds. The largest absolute Gasteiger partial charge is 0.392 e. The van der Waals surface area contributed by atoms with E-state index in [9.17, 15) is 0 Å².